The van der Waals surface area contributed by atoms with Crippen molar-refractivity contribution in [3.63, 3.8) is 0 Å². The normalized spacial score (nSPS) is 9.93. The maximum atomic E-state index is 11.1. The number of carbonyl (C=O) groups excluding carboxylic acids is 1. The first-order valence-electron chi connectivity index (χ1n) is 4.27. The quantitative estimate of drug-likeness (QED) is 0.723. The smallest absolute Gasteiger partial charge is 0.351 e. The highest BCUT2D eigenvalue weighted by molar-refractivity contribution is 7.17. The lowest BCUT2D eigenvalue weighted by Crippen LogP contribution is -2.09. The largest absolute Gasteiger partial charge is 0.492 e. The third-order valence-corrected chi connectivity index (χ3v) is 2.47. The number of hydrogen-bond donors (Lipinski definition) is 3. The average Bonchev–Trinajstić information content (AvgIpc) is 2.47. The lowest BCUT2D eigenvalue weighted by molar-refractivity contribution is -0.116. The molecule has 7 heteroatoms. The number of anilines is 1. The lowest BCUT2D eigenvalue weighted by Gasteiger charge is -1.97. The molecule has 1 rings (SSSR count). The highest BCUT2D eigenvalue weighted by atomic mass is 32.1. The van der Waals surface area contributed by atoms with Crippen molar-refractivity contribution in [2.45, 2.75) is 19.8 Å². The number of hydrogen-bond acceptors (Lipinski definition) is 5. The van der Waals surface area contributed by atoms with Crippen molar-refractivity contribution < 1.29 is 19.8 Å². The molecule has 1 aromatic rings. The van der Waals surface area contributed by atoms with E-state index in [9.17, 15) is 9.59 Å². The number of aromatic carboxylic acids is 1. The van der Waals surface area contributed by atoms with Crippen LogP contribution in [0.25, 0.3) is 0 Å². The van der Waals surface area contributed by atoms with E-state index in [1.807, 2.05) is 6.92 Å². The number of carbonyl (C=O) groups is 2. The minimum atomic E-state index is -1.26. The average molecular weight is 230 g/mol. The summed E-state index contributed by atoms with van der Waals surface area (Å²) in [5.41, 5.74) is 0. The number of carboxylic acid groups (broad SMARTS) is 1. The summed E-state index contributed by atoms with van der Waals surface area (Å²) < 4.78 is 0. The van der Waals surface area contributed by atoms with Gasteiger partial charge in [-0.3, -0.25) is 4.79 Å². The van der Waals surface area contributed by atoms with Gasteiger partial charge < -0.3 is 15.5 Å². The van der Waals surface area contributed by atoms with E-state index in [1.54, 1.807) is 0 Å². The summed E-state index contributed by atoms with van der Waals surface area (Å²) in [5, 5.41) is 20.2. The van der Waals surface area contributed by atoms with Crippen LogP contribution in [0, 0.1) is 0 Å². The monoisotopic (exact) mass is 230 g/mol. The molecule has 0 bridgehead atoms. The van der Waals surface area contributed by atoms with E-state index in [-0.39, 0.29) is 15.9 Å². The van der Waals surface area contributed by atoms with Gasteiger partial charge in [0.1, 0.15) is 0 Å². The molecule has 82 valence electrons. The van der Waals surface area contributed by atoms with Crippen LogP contribution >= 0.6 is 11.3 Å². The summed E-state index contributed by atoms with van der Waals surface area (Å²) in [6, 6.07) is 0. The summed E-state index contributed by atoms with van der Waals surface area (Å²) in [6.07, 6.45) is 1.03. The van der Waals surface area contributed by atoms with Crippen molar-refractivity contribution in [2.24, 2.45) is 0 Å². The molecular weight excluding hydrogens is 220 g/mol. The van der Waals surface area contributed by atoms with Gasteiger partial charge in [-0.2, -0.15) is 4.98 Å². The number of carboxylic acids is 1. The number of nitrogens with one attached hydrogen (secondary N) is 1. The molecule has 0 fully saturated rings. The van der Waals surface area contributed by atoms with Crippen molar-refractivity contribution in [2.75, 3.05) is 5.32 Å². The number of nitrogens with zero attached hydrogens (tertiary/aromatic N) is 1. The van der Waals surface area contributed by atoms with Gasteiger partial charge in [0.2, 0.25) is 11.8 Å². The topological polar surface area (TPSA) is 99.5 Å². The number of thiazole rings is 1. The number of rotatable bonds is 4. The van der Waals surface area contributed by atoms with Gasteiger partial charge in [0, 0.05) is 6.42 Å². The van der Waals surface area contributed by atoms with E-state index in [0.717, 1.165) is 11.3 Å². The van der Waals surface area contributed by atoms with E-state index in [2.05, 4.69) is 10.3 Å². The zero-order valence-corrected chi connectivity index (χ0v) is 8.80. The van der Waals surface area contributed by atoms with Gasteiger partial charge >= 0.3 is 5.97 Å². The molecule has 15 heavy (non-hydrogen) atoms. The Balaban J connectivity index is 2.75. The fourth-order valence-electron chi connectivity index (χ4n) is 0.914. The SMILES string of the molecule is CCCC(=O)Nc1nc(O)c(C(=O)O)s1. The molecule has 0 aliphatic heterocycles. The van der Waals surface area contributed by atoms with Crippen LogP contribution in [0.4, 0.5) is 5.13 Å². The van der Waals surface area contributed by atoms with Gasteiger partial charge in [0.05, 0.1) is 0 Å². The Bertz CT molecular complexity index is 388. The fraction of sp³-hybridized carbons (Fsp3) is 0.375. The summed E-state index contributed by atoms with van der Waals surface area (Å²) in [7, 11) is 0. The Kier molecular flexibility index (Phi) is 3.62. The van der Waals surface area contributed by atoms with Crippen LogP contribution < -0.4 is 5.32 Å². The van der Waals surface area contributed by atoms with E-state index in [1.165, 1.54) is 0 Å². The van der Waals surface area contributed by atoms with Crippen LogP contribution in [0.3, 0.4) is 0 Å². The molecule has 0 spiro atoms. The molecule has 6 nitrogen and oxygen atoms in total. The lowest BCUT2D eigenvalue weighted by atomic mass is 10.3. The molecular formula is C8H10N2O4S. The maximum absolute atomic E-state index is 11.1. The Labute approximate surface area is 89.6 Å². The molecule has 0 aliphatic rings. The third-order valence-electron chi connectivity index (χ3n) is 1.53. The van der Waals surface area contributed by atoms with Crippen LogP contribution in [0.15, 0.2) is 0 Å². The van der Waals surface area contributed by atoms with Crippen molar-refractivity contribution in [1.29, 1.82) is 0 Å². The van der Waals surface area contributed by atoms with Crippen LogP contribution in [0.2, 0.25) is 0 Å². The summed E-state index contributed by atoms with van der Waals surface area (Å²) >= 11 is 0.729. The number of aromatic nitrogens is 1. The van der Waals surface area contributed by atoms with Crippen molar-refractivity contribution in [3.8, 4) is 5.88 Å². The Hall–Kier alpha value is -1.63. The van der Waals surface area contributed by atoms with E-state index in [0.29, 0.717) is 12.8 Å². The molecule has 3 N–H and O–H groups in total. The van der Waals surface area contributed by atoms with Gasteiger partial charge in [-0.1, -0.05) is 18.3 Å². The van der Waals surface area contributed by atoms with Crippen molar-refractivity contribution in [3.05, 3.63) is 4.88 Å². The van der Waals surface area contributed by atoms with Gasteiger partial charge in [0.25, 0.3) is 0 Å². The third kappa shape index (κ3) is 2.91. The molecule has 0 radical (unpaired) electrons. The Morgan fingerprint density at radius 2 is 2.20 bits per heavy atom. The highest BCUT2D eigenvalue weighted by Crippen LogP contribution is 2.27. The molecule has 1 amide bonds. The Morgan fingerprint density at radius 3 is 2.67 bits per heavy atom. The molecule has 1 aromatic heterocycles. The maximum Gasteiger partial charge on any atom is 0.351 e. The predicted octanol–water partition coefficient (Wildman–Crippen LogP) is 1.29. The van der Waals surface area contributed by atoms with E-state index >= 15 is 0 Å². The zero-order valence-electron chi connectivity index (χ0n) is 7.98. The fourth-order valence-corrected chi connectivity index (χ4v) is 1.63. The van der Waals surface area contributed by atoms with E-state index in [4.69, 9.17) is 10.2 Å². The first kappa shape index (κ1) is 11.4. The molecule has 0 aromatic carbocycles. The Morgan fingerprint density at radius 1 is 1.53 bits per heavy atom. The minimum Gasteiger partial charge on any atom is -0.492 e. The molecule has 0 unspecified atom stereocenters. The number of amides is 1. The van der Waals surface area contributed by atoms with Gasteiger partial charge in [-0.25, -0.2) is 4.79 Å². The zero-order chi connectivity index (χ0) is 11.4. The summed E-state index contributed by atoms with van der Waals surface area (Å²) in [6.45, 7) is 1.85. The summed E-state index contributed by atoms with van der Waals surface area (Å²) in [5.74, 6) is -2.08. The van der Waals surface area contributed by atoms with Crippen LogP contribution in [0.1, 0.15) is 29.4 Å². The highest BCUT2D eigenvalue weighted by Gasteiger charge is 2.17. The second kappa shape index (κ2) is 4.74. The minimum absolute atomic E-state index is 0.100. The summed E-state index contributed by atoms with van der Waals surface area (Å²) in [4.78, 5) is 24.9. The molecule has 1 heterocycles. The van der Waals surface area contributed by atoms with Gasteiger partial charge in [0.15, 0.2) is 10.0 Å². The second-order valence-electron chi connectivity index (χ2n) is 2.78. The molecule has 0 aliphatic carbocycles. The van der Waals surface area contributed by atoms with Gasteiger partial charge in [-0.05, 0) is 6.42 Å². The van der Waals surface area contributed by atoms with Crippen molar-refractivity contribution in [1.82, 2.24) is 4.98 Å². The van der Waals surface area contributed by atoms with Crippen LogP contribution in [0.5, 0.6) is 5.88 Å². The predicted molar refractivity (Wildman–Crippen MR) is 54.3 cm³/mol. The standard InChI is InChI=1S/C8H10N2O4S/c1-2-3-4(11)9-8-10-6(12)5(15-8)7(13)14/h12H,2-3H2,1H3,(H,13,14)(H,9,10,11). The van der Waals surface area contributed by atoms with E-state index < -0.39 is 11.8 Å². The first-order chi connectivity index (χ1) is 7.04. The van der Waals surface area contributed by atoms with Crippen molar-refractivity contribution >= 4 is 28.3 Å². The molecule has 0 saturated carbocycles. The second-order valence-corrected chi connectivity index (χ2v) is 3.77. The molecule has 0 saturated heterocycles. The molecule has 0 atom stereocenters. The number of aromatic hydroxyl groups is 1. The van der Waals surface area contributed by atoms with Crippen LogP contribution in [-0.4, -0.2) is 27.1 Å². The van der Waals surface area contributed by atoms with Crippen LogP contribution in [-0.2, 0) is 4.79 Å². The first-order valence-corrected chi connectivity index (χ1v) is 5.09. The van der Waals surface area contributed by atoms with Gasteiger partial charge in [-0.15, -0.1) is 0 Å².